The fourth-order valence-electron chi connectivity index (χ4n) is 3.67. The Labute approximate surface area is 181 Å². The van der Waals surface area contributed by atoms with Crippen molar-refractivity contribution in [3.63, 3.8) is 0 Å². The van der Waals surface area contributed by atoms with E-state index < -0.39 is 0 Å². The van der Waals surface area contributed by atoms with Gasteiger partial charge in [0.2, 0.25) is 0 Å². The molecule has 0 radical (unpaired) electrons. The molecule has 152 valence electrons. The summed E-state index contributed by atoms with van der Waals surface area (Å²) in [5.74, 6) is 0.853. The number of halogens is 1. The SMILES string of the molecule is CCNC(=NCC1(CC)CCCC1)NCCc1cccc(C(=O)NC)c1.I. The van der Waals surface area contributed by atoms with E-state index in [9.17, 15) is 4.79 Å². The lowest BCUT2D eigenvalue weighted by Gasteiger charge is -2.25. The van der Waals surface area contributed by atoms with Gasteiger partial charge in [-0.05, 0) is 55.7 Å². The number of hydrogen-bond acceptors (Lipinski definition) is 2. The van der Waals surface area contributed by atoms with Crippen molar-refractivity contribution in [2.24, 2.45) is 10.4 Å². The van der Waals surface area contributed by atoms with Crippen molar-refractivity contribution in [2.45, 2.75) is 52.4 Å². The second-order valence-corrected chi connectivity index (χ2v) is 7.21. The summed E-state index contributed by atoms with van der Waals surface area (Å²) in [4.78, 5) is 16.6. The quantitative estimate of drug-likeness (QED) is 0.298. The molecule has 0 saturated heterocycles. The molecule has 0 aliphatic heterocycles. The molecule has 5 nitrogen and oxygen atoms in total. The molecule has 0 heterocycles. The average molecular weight is 486 g/mol. The maximum absolute atomic E-state index is 11.7. The molecule has 3 N–H and O–H groups in total. The number of nitrogens with one attached hydrogen (secondary N) is 3. The first-order chi connectivity index (χ1) is 12.6. The van der Waals surface area contributed by atoms with Crippen molar-refractivity contribution < 1.29 is 4.79 Å². The van der Waals surface area contributed by atoms with Crippen LogP contribution in [0.15, 0.2) is 29.3 Å². The van der Waals surface area contributed by atoms with Crippen LogP contribution in [-0.4, -0.2) is 38.5 Å². The topological polar surface area (TPSA) is 65.5 Å². The summed E-state index contributed by atoms with van der Waals surface area (Å²) in [6.45, 7) is 6.94. The van der Waals surface area contributed by atoms with Gasteiger partial charge in [0.1, 0.15) is 0 Å². The van der Waals surface area contributed by atoms with Crippen molar-refractivity contribution in [2.75, 3.05) is 26.7 Å². The van der Waals surface area contributed by atoms with Gasteiger partial charge in [0.15, 0.2) is 5.96 Å². The number of aliphatic imine (C=N–C) groups is 1. The summed E-state index contributed by atoms with van der Waals surface area (Å²) in [5.41, 5.74) is 2.26. The minimum atomic E-state index is -0.0452. The number of rotatable bonds is 8. The third-order valence-electron chi connectivity index (χ3n) is 5.45. The van der Waals surface area contributed by atoms with E-state index in [1.807, 2.05) is 18.2 Å². The summed E-state index contributed by atoms with van der Waals surface area (Å²) < 4.78 is 0. The molecular weight excluding hydrogens is 451 g/mol. The first-order valence-corrected chi connectivity index (χ1v) is 9.95. The first kappa shape index (κ1) is 23.7. The van der Waals surface area contributed by atoms with Crippen molar-refractivity contribution in [1.82, 2.24) is 16.0 Å². The van der Waals surface area contributed by atoms with Gasteiger partial charge in [0, 0.05) is 32.2 Å². The number of carbonyl (C=O) groups excluding carboxylic acids is 1. The Morgan fingerprint density at radius 3 is 2.56 bits per heavy atom. The van der Waals surface area contributed by atoms with Gasteiger partial charge in [-0.3, -0.25) is 9.79 Å². The number of nitrogens with zero attached hydrogens (tertiary/aromatic N) is 1. The van der Waals surface area contributed by atoms with Gasteiger partial charge in [0.25, 0.3) is 5.91 Å². The van der Waals surface area contributed by atoms with Crippen LogP contribution in [0.1, 0.15) is 61.9 Å². The number of benzene rings is 1. The number of amides is 1. The van der Waals surface area contributed by atoms with Crippen LogP contribution in [0, 0.1) is 5.41 Å². The molecule has 1 amide bonds. The third kappa shape index (κ3) is 7.31. The Bertz CT molecular complexity index is 612. The van der Waals surface area contributed by atoms with E-state index in [2.05, 4.69) is 35.9 Å². The third-order valence-corrected chi connectivity index (χ3v) is 5.45. The number of guanidine groups is 1. The van der Waals surface area contributed by atoms with Gasteiger partial charge in [0.05, 0.1) is 0 Å². The van der Waals surface area contributed by atoms with Crippen molar-refractivity contribution in [3.8, 4) is 0 Å². The highest BCUT2D eigenvalue weighted by Gasteiger charge is 2.31. The largest absolute Gasteiger partial charge is 0.357 e. The minimum Gasteiger partial charge on any atom is -0.357 e. The maximum atomic E-state index is 11.7. The van der Waals surface area contributed by atoms with E-state index in [1.165, 1.54) is 32.1 Å². The molecule has 27 heavy (non-hydrogen) atoms. The highest BCUT2D eigenvalue weighted by molar-refractivity contribution is 14.0. The molecule has 1 aromatic rings. The smallest absolute Gasteiger partial charge is 0.251 e. The molecule has 0 spiro atoms. The molecule has 0 unspecified atom stereocenters. The van der Waals surface area contributed by atoms with E-state index in [1.54, 1.807) is 7.05 Å². The van der Waals surface area contributed by atoms with Crippen LogP contribution in [0.5, 0.6) is 0 Å². The van der Waals surface area contributed by atoms with Crippen LogP contribution in [0.4, 0.5) is 0 Å². The van der Waals surface area contributed by atoms with E-state index in [4.69, 9.17) is 4.99 Å². The standard InChI is InChI=1S/C21H34N4O.HI/c1-4-21(12-6-7-13-21)16-25-20(23-5-2)24-14-11-17-9-8-10-18(15-17)19(26)22-3;/h8-10,15H,4-7,11-14,16H2,1-3H3,(H,22,26)(H2,23,24,25);1H. The Morgan fingerprint density at radius 2 is 1.93 bits per heavy atom. The maximum Gasteiger partial charge on any atom is 0.251 e. The van der Waals surface area contributed by atoms with Crippen molar-refractivity contribution >= 4 is 35.8 Å². The van der Waals surface area contributed by atoms with Crippen LogP contribution >= 0.6 is 24.0 Å². The zero-order chi connectivity index (χ0) is 18.8. The lowest BCUT2D eigenvalue weighted by atomic mass is 9.84. The van der Waals surface area contributed by atoms with Gasteiger partial charge >= 0.3 is 0 Å². The molecule has 0 bridgehead atoms. The van der Waals surface area contributed by atoms with Gasteiger partial charge < -0.3 is 16.0 Å². The minimum absolute atomic E-state index is 0. The lowest BCUT2D eigenvalue weighted by molar-refractivity contribution is 0.0963. The second-order valence-electron chi connectivity index (χ2n) is 7.21. The van der Waals surface area contributed by atoms with E-state index in [-0.39, 0.29) is 29.9 Å². The molecular formula is C21H35IN4O. The zero-order valence-electron chi connectivity index (χ0n) is 16.9. The van der Waals surface area contributed by atoms with E-state index in [0.29, 0.717) is 11.0 Å². The Balaban J connectivity index is 0.00000364. The molecule has 0 aromatic heterocycles. The van der Waals surface area contributed by atoms with Crippen molar-refractivity contribution in [3.05, 3.63) is 35.4 Å². The Morgan fingerprint density at radius 1 is 1.19 bits per heavy atom. The monoisotopic (exact) mass is 486 g/mol. The normalized spacial score (nSPS) is 15.7. The van der Waals surface area contributed by atoms with Gasteiger partial charge in [-0.1, -0.05) is 31.9 Å². The predicted octanol–water partition coefficient (Wildman–Crippen LogP) is 3.73. The zero-order valence-corrected chi connectivity index (χ0v) is 19.3. The summed E-state index contributed by atoms with van der Waals surface area (Å²) in [6.07, 6.45) is 7.36. The second kappa shape index (κ2) is 12.2. The molecule has 1 aliphatic rings. The van der Waals surface area contributed by atoms with Crippen molar-refractivity contribution in [1.29, 1.82) is 0 Å². The molecule has 1 aromatic carbocycles. The average Bonchev–Trinajstić information content (AvgIpc) is 3.15. The highest BCUT2D eigenvalue weighted by atomic mass is 127. The van der Waals surface area contributed by atoms with Gasteiger partial charge in [-0.15, -0.1) is 24.0 Å². The fourth-order valence-corrected chi connectivity index (χ4v) is 3.67. The van der Waals surface area contributed by atoms with Crippen LogP contribution in [0.25, 0.3) is 0 Å². The Kier molecular flexibility index (Phi) is 10.7. The number of hydrogen-bond donors (Lipinski definition) is 3. The molecule has 0 atom stereocenters. The van der Waals surface area contributed by atoms with Crippen LogP contribution < -0.4 is 16.0 Å². The summed E-state index contributed by atoms with van der Waals surface area (Å²) in [6, 6.07) is 7.79. The molecule has 1 saturated carbocycles. The highest BCUT2D eigenvalue weighted by Crippen LogP contribution is 2.41. The van der Waals surface area contributed by atoms with Crippen LogP contribution in [0.3, 0.4) is 0 Å². The summed E-state index contributed by atoms with van der Waals surface area (Å²) in [7, 11) is 1.66. The first-order valence-electron chi connectivity index (χ1n) is 9.95. The number of carbonyl (C=O) groups is 1. The Hall–Kier alpha value is -1.31. The fraction of sp³-hybridized carbons (Fsp3) is 0.619. The molecule has 1 aliphatic carbocycles. The van der Waals surface area contributed by atoms with Crippen LogP contribution in [-0.2, 0) is 6.42 Å². The summed E-state index contributed by atoms with van der Waals surface area (Å²) >= 11 is 0. The van der Waals surface area contributed by atoms with Crippen LogP contribution in [0.2, 0.25) is 0 Å². The lowest BCUT2D eigenvalue weighted by Crippen LogP contribution is -2.39. The van der Waals surface area contributed by atoms with E-state index >= 15 is 0 Å². The molecule has 1 fully saturated rings. The summed E-state index contributed by atoms with van der Waals surface area (Å²) in [5, 5.41) is 9.45. The van der Waals surface area contributed by atoms with Gasteiger partial charge in [-0.2, -0.15) is 0 Å². The molecule has 6 heteroatoms. The predicted molar refractivity (Wildman–Crippen MR) is 124 cm³/mol. The van der Waals surface area contributed by atoms with Gasteiger partial charge in [-0.25, -0.2) is 0 Å². The molecule has 2 rings (SSSR count). The van der Waals surface area contributed by atoms with E-state index in [0.717, 1.165) is 37.6 Å².